The lowest BCUT2D eigenvalue weighted by Gasteiger charge is -2.07. The Labute approximate surface area is 158 Å². The van der Waals surface area contributed by atoms with Crippen LogP contribution in [-0.4, -0.2) is 25.3 Å². The van der Waals surface area contributed by atoms with Crippen molar-refractivity contribution < 1.29 is 18.8 Å². The predicted octanol–water partition coefficient (Wildman–Crippen LogP) is 4.16. The van der Waals surface area contributed by atoms with Gasteiger partial charge in [0, 0.05) is 17.3 Å². The molecule has 0 aliphatic rings. The monoisotopic (exact) mass is 366 g/mol. The van der Waals surface area contributed by atoms with Gasteiger partial charge in [0.05, 0.1) is 26.3 Å². The lowest BCUT2D eigenvalue weighted by atomic mass is 10.1. The number of anilines is 1. The SMILES string of the molecule is COc1ccc(-c2cc(CC(=O)Nc3ccc(C)c(C)c3)no2)cc1OC. The van der Waals surface area contributed by atoms with Crippen molar-refractivity contribution in [3.8, 4) is 22.8 Å². The van der Waals surface area contributed by atoms with Crippen LogP contribution < -0.4 is 14.8 Å². The minimum atomic E-state index is -0.148. The van der Waals surface area contributed by atoms with Crippen molar-refractivity contribution in [1.82, 2.24) is 5.16 Å². The van der Waals surface area contributed by atoms with E-state index in [9.17, 15) is 4.79 Å². The van der Waals surface area contributed by atoms with Gasteiger partial charge in [-0.3, -0.25) is 4.79 Å². The number of rotatable bonds is 6. The number of carbonyl (C=O) groups is 1. The van der Waals surface area contributed by atoms with Crippen LogP contribution >= 0.6 is 0 Å². The lowest BCUT2D eigenvalue weighted by molar-refractivity contribution is -0.115. The third-order valence-corrected chi connectivity index (χ3v) is 4.36. The van der Waals surface area contributed by atoms with Crippen molar-refractivity contribution in [3.63, 3.8) is 0 Å². The average molecular weight is 366 g/mol. The quantitative estimate of drug-likeness (QED) is 0.709. The predicted molar refractivity (Wildman–Crippen MR) is 103 cm³/mol. The highest BCUT2D eigenvalue weighted by Gasteiger charge is 2.13. The summed E-state index contributed by atoms with van der Waals surface area (Å²) in [6, 6.07) is 13.0. The first-order valence-corrected chi connectivity index (χ1v) is 8.55. The van der Waals surface area contributed by atoms with Crippen molar-refractivity contribution in [2.75, 3.05) is 19.5 Å². The molecule has 0 radical (unpaired) electrons. The van der Waals surface area contributed by atoms with Gasteiger partial charge in [0.25, 0.3) is 0 Å². The molecule has 27 heavy (non-hydrogen) atoms. The second-order valence-electron chi connectivity index (χ2n) is 6.28. The molecule has 6 nitrogen and oxygen atoms in total. The highest BCUT2D eigenvalue weighted by molar-refractivity contribution is 5.92. The van der Waals surface area contributed by atoms with E-state index in [0.717, 1.165) is 16.8 Å². The first-order chi connectivity index (χ1) is 13.0. The van der Waals surface area contributed by atoms with Gasteiger partial charge in [0.15, 0.2) is 17.3 Å². The van der Waals surface area contributed by atoms with Gasteiger partial charge in [-0.15, -0.1) is 0 Å². The van der Waals surface area contributed by atoms with Gasteiger partial charge < -0.3 is 19.3 Å². The van der Waals surface area contributed by atoms with Crippen LogP contribution in [0.15, 0.2) is 47.0 Å². The van der Waals surface area contributed by atoms with Crippen LogP contribution in [0.4, 0.5) is 5.69 Å². The van der Waals surface area contributed by atoms with Gasteiger partial charge >= 0.3 is 0 Å². The van der Waals surface area contributed by atoms with Gasteiger partial charge in [-0.05, 0) is 55.3 Å². The number of aromatic nitrogens is 1. The number of carbonyl (C=O) groups excluding carboxylic acids is 1. The van der Waals surface area contributed by atoms with Crippen molar-refractivity contribution >= 4 is 11.6 Å². The van der Waals surface area contributed by atoms with Crippen molar-refractivity contribution in [1.29, 1.82) is 0 Å². The number of benzene rings is 2. The standard InChI is InChI=1S/C21H22N2O4/c1-13-5-7-16(9-14(13)2)22-21(24)12-17-11-19(27-23-17)15-6-8-18(25-3)20(10-15)26-4/h5-11H,12H2,1-4H3,(H,22,24). The fourth-order valence-corrected chi connectivity index (χ4v) is 2.71. The van der Waals surface area contributed by atoms with Crippen LogP contribution in [0.1, 0.15) is 16.8 Å². The largest absolute Gasteiger partial charge is 0.493 e. The summed E-state index contributed by atoms with van der Waals surface area (Å²) in [5.74, 6) is 1.64. The second-order valence-corrected chi connectivity index (χ2v) is 6.28. The maximum Gasteiger partial charge on any atom is 0.230 e. The number of methoxy groups -OCH3 is 2. The molecule has 0 spiro atoms. The van der Waals surface area contributed by atoms with E-state index in [-0.39, 0.29) is 12.3 Å². The highest BCUT2D eigenvalue weighted by atomic mass is 16.5. The molecule has 0 aliphatic carbocycles. The summed E-state index contributed by atoms with van der Waals surface area (Å²) in [5.41, 5.74) is 4.43. The molecule has 0 aliphatic heterocycles. The van der Waals surface area contributed by atoms with Crippen LogP contribution in [0.5, 0.6) is 11.5 Å². The molecule has 140 valence electrons. The van der Waals surface area contributed by atoms with Gasteiger partial charge in [-0.2, -0.15) is 0 Å². The number of ether oxygens (including phenoxy) is 2. The molecule has 0 bridgehead atoms. The Kier molecular flexibility index (Phi) is 5.45. The Balaban J connectivity index is 1.70. The third-order valence-electron chi connectivity index (χ3n) is 4.36. The van der Waals surface area contributed by atoms with Gasteiger partial charge in [0.1, 0.15) is 0 Å². The zero-order valence-corrected chi connectivity index (χ0v) is 15.8. The summed E-state index contributed by atoms with van der Waals surface area (Å²) >= 11 is 0. The summed E-state index contributed by atoms with van der Waals surface area (Å²) in [6.45, 7) is 4.05. The van der Waals surface area contributed by atoms with Gasteiger partial charge in [-0.1, -0.05) is 11.2 Å². The number of nitrogens with one attached hydrogen (secondary N) is 1. The zero-order valence-electron chi connectivity index (χ0n) is 15.8. The molecule has 1 amide bonds. The zero-order chi connectivity index (χ0) is 19.4. The van der Waals surface area contributed by atoms with E-state index in [4.69, 9.17) is 14.0 Å². The minimum Gasteiger partial charge on any atom is -0.493 e. The van der Waals surface area contributed by atoms with E-state index in [2.05, 4.69) is 10.5 Å². The number of hydrogen-bond donors (Lipinski definition) is 1. The molecule has 3 rings (SSSR count). The van der Waals surface area contributed by atoms with Gasteiger partial charge in [-0.25, -0.2) is 0 Å². The fourth-order valence-electron chi connectivity index (χ4n) is 2.71. The summed E-state index contributed by atoms with van der Waals surface area (Å²) in [4.78, 5) is 12.3. The molecule has 0 atom stereocenters. The Bertz CT molecular complexity index is 963. The number of hydrogen-bond acceptors (Lipinski definition) is 5. The van der Waals surface area contributed by atoms with E-state index in [0.29, 0.717) is 23.0 Å². The maximum absolute atomic E-state index is 12.3. The maximum atomic E-state index is 12.3. The van der Waals surface area contributed by atoms with Crippen molar-refractivity contribution in [2.24, 2.45) is 0 Å². The van der Waals surface area contributed by atoms with Crippen LogP contribution in [-0.2, 0) is 11.2 Å². The Hall–Kier alpha value is -3.28. The molecule has 0 fully saturated rings. The van der Waals surface area contributed by atoms with E-state index in [1.165, 1.54) is 5.56 Å². The second kappa shape index (κ2) is 7.95. The fraction of sp³-hybridized carbons (Fsp3) is 0.238. The first kappa shape index (κ1) is 18.5. The van der Waals surface area contributed by atoms with E-state index in [1.807, 2.05) is 38.1 Å². The first-order valence-electron chi connectivity index (χ1n) is 8.55. The van der Waals surface area contributed by atoms with Crippen LogP contribution in [0.3, 0.4) is 0 Å². The molecule has 1 aromatic heterocycles. The molecule has 1 N–H and O–H groups in total. The highest BCUT2D eigenvalue weighted by Crippen LogP contribution is 2.32. The molecular formula is C21H22N2O4. The molecule has 3 aromatic rings. The van der Waals surface area contributed by atoms with Crippen LogP contribution in [0, 0.1) is 13.8 Å². The normalized spacial score (nSPS) is 10.5. The summed E-state index contributed by atoms with van der Waals surface area (Å²) < 4.78 is 15.9. The molecule has 1 heterocycles. The third kappa shape index (κ3) is 4.28. The Morgan fingerprint density at radius 1 is 1.00 bits per heavy atom. The van der Waals surface area contributed by atoms with Gasteiger partial charge in [0.2, 0.25) is 5.91 Å². The molecule has 0 saturated heterocycles. The average Bonchev–Trinajstić information content (AvgIpc) is 3.12. The van der Waals surface area contributed by atoms with Crippen molar-refractivity contribution in [2.45, 2.75) is 20.3 Å². The molecule has 0 saturated carbocycles. The smallest absolute Gasteiger partial charge is 0.230 e. The topological polar surface area (TPSA) is 73.6 Å². The van der Waals surface area contributed by atoms with E-state index >= 15 is 0 Å². The molecular weight excluding hydrogens is 344 g/mol. The number of nitrogens with zero attached hydrogens (tertiary/aromatic N) is 1. The summed E-state index contributed by atoms with van der Waals surface area (Å²) in [7, 11) is 3.16. The van der Waals surface area contributed by atoms with Crippen molar-refractivity contribution in [3.05, 3.63) is 59.3 Å². The Morgan fingerprint density at radius 3 is 2.48 bits per heavy atom. The lowest BCUT2D eigenvalue weighted by Crippen LogP contribution is -2.14. The minimum absolute atomic E-state index is 0.129. The molecule has 0 unspecified atom stereocenters. The molecule has 2 aromatic carbocycles. The number of amides is 1. The van der Waals surface area contributed by atoms with E-state index in [1.54, 1.807) is 32.4 Å². The van der Waals surface area contributed by atoms with E-state index < -0.39 is 0 Å². The van der Waals surface area contributed by atoms with Crippen LogP contribution in [0.2, 0.25) is 0 Å². The Morgan fingerprint density at radius 2 is 1.78 bits per heavy atom. The summed E-state index contributed by atoms with van der Waals surface area (Å²) in [5, 5.41) is 6.88. The number of aryl methyl sites for hydroxylation is 2. The summed E-state index contributed by atoms with van der Waals surface area (Å²) in [6.07, 6.45) is 0.129. The van der Waals surface area contributed by atoms with Crippen LogP contribution in [0.25, 0.3) is 11.3 Å². The molecule has 6 heteroatoms.